The fraction of sp³-hybridized carbons (Fsp3) is 0.227. The van der Waals surface area contributed by atoms with Gasteiger partial charge < -0.3 is 9.84 Å². The molecule has 2 heterocycles. The lowest BCUT2D eigenvalue weighted by Gasteiger charge is -2.10. The van der Waals surface area contributed by atoms with E-state index < -0.39 is 6.04 Å². The number of hydrogen-bond donors (Lipinski definition) is 1. The van der Waals surface area contributed by atoms with Gasteiger partial charge in [-0.3, -0.25) is 14.2 Å². The number of nitrogens with zero attached hydrogens (tertiary/aromatic N) is 4. The van der Waals surface area contributed by atoms with Gasteiger partial charge in [0.05, 0.1) is 17.4 Å². The minimum absolute atomic E-state index is 0.142. The number of benzene rings is 2. The zero-order chi connectivity index (χ0) is 21.1. The number of para-hydroxylation sites is 1. The second kappa shape index (κ2) is 8.28. The molecule has 1 N–H and O–H groups in total. The molecule has 0 aliphatic carbocycles. The van der Waals surface area contributed by atoms with Gasteiger partial charge in [0.25, 0.3) is 11.5 Å². The first kappa shape index (κ1) is 19.5. The van der Waals surface area contributed by atoms with E-state index in [4.69, 9.17) is 4.52 Å². The number of aryl methyl sites for hydroxylation is 1. The standard InChI is InChI=1S/C22H21N5O3/c1-3-19-24-17-12-8-7-11-16(17)22(29)27(19)13-18-25-21(30-26-18)14(2)23-20(28)15-9-5-4-6-10-15/h4-12,14H,3,13H2,1-2H3,(H,23,28). The lowest BCUT2D eigenvalue weighted by molar-refractivity contribution is 0.0932. The largest absolute Gasteiger partial charge is 0.341 e. The van der Waals surface area contributed by atoms with Crippen LogP contribution in [0.5, 0.6) is 0 Å². The van der Waals surface area contributed by atoms with Gasteiger partial charge in [0, 0.05) is 12.0 Å². The summed E-state index contributed by atoms with van der Waals surface area (Å²) in [6, 6.07) is 15.7. The zero-order valence-electron chi connectivity index (χ0n) is 16.7. The first-order valence-electron chi connectivity index (χ1n) is 9.73. The monoisotopic (exact) mass is 403 g/mol. The number of fused-ring (bicyclic) bond motifs is 1. The maximum Gasteiger partial charge on any atom is 0.261 e. The zero-order valence-corrected chi connectivity index (χ0v) is 16.7. The van der Waals surface area contributed by atoms with Crippen LogP contribution in [0.25, 0.3) is 10.9 Å². The van der Waals surface area contributed by atoms with Crippen LogP contribution in [-0.4, -0.2) is 25.6 Å². The number of amides is 1. The van der Waals surface area contributed by atoms with Crippen molar-refractivity contribution in [2.24, 2.45) is 0 Å². The van der Waals surface area contributed by atoms with Crippen molar-refractivity contribution >= 4 is 16.8 Å². The Morgan fingerprint density at radius 3 is 2.60 bits per heavy atom. The summed E-state index contributed by atoms with van der Waals surface area (Å²) in [4.78, 5) is 34.2. The van der Waals surface area contributed by atoms with Crippen molar-refractivity contribution in [1.29, 1.82) is 0 Å². The predicted octanol–water partition coefficient (Wildman–Crippen LogP) is 2.88. The molecule has 2 aromatic carbocycles. The molecule has 2 aromatic heterocycles. The Hall–Kier alpha value is -3.81. The van der Waals surface area contributed by atoms with E-state index in [1.807, 2.05) is 31.2 Å². The Balaban J connectivity index is 1.56. The van der Waals surface area contributed by atoms with Gasteiger partial charge in [0.15, 0.2) is 5.82 Å². The van der Waals surface area contributed by atoms with Gasteiger partial charge in [-0.1, -0.05) is 42.4 Å². The highest BCUT2D eigenvalue weighted by molar-refractivity contribution is 5.94. The van der Waals surface area contributed by atoms with Crippen molar-refractivity contribution in [2.75, 3.05) is 0 Å². The van der Waals surface area contributed by atoms with E-state index in [0.717, 1.165) is 0 Å². The minimum atomic E-state index is -0.476. The van der Waals surface area contributed by atoms with Crippen LogP contribution in [0.4, 0.5) is 0 Å². The molecule has 0 saturated carbocycles. The van der Waals surface area contributed by atoms with Crippen molar-refractivity contribution in [3.63, 3.8) is 0 Å². The third-order valence-corrected chi connectivity index (χ3v) is 4.79. The normalized spacial score (nSPS) is 12.1. The lowest BCUT2D eigenvalue weighted by atomic mass is 10.2. The van der Waals surface area contributed by atoms with E-state index in [1.54, 1.807) is 41.8 Å². The molecule has 0 radical (unpaired) electrons. The predicted molar refractivity (Wildman–Crippen MR) is 111 cm³/mol. The van der Waals surface area contributed by atoms with Crippen LogP contribution in [0.2, 0.25) is 0 Å². The summed E-state index contributed by atoms with van der Waals surface area (Å²) in [5.74, 6) is 1.04. The Labute approximate surface area is 172 Å². The van der Waals surface area contributed by atoms with Crippen LogP contribution in [0.15, 0.2) is 63.9 Å². The SMILES string of the molecule is CCc1nc2ccccc2c(=O)n1Cc1noc(C(C)NC(=O)c2ccccc2)n1. The number of carbonyl (C=O) groups is 1. The molecule has 1 atom stereocenters. The van der Waals surface area contributed by atoms with Crippen LogP contribution in [0.1, 0.15) is 47.8 Å². The van der Waals surface area contributed by atoms with Crippen molar-refractivity contribution in [3.05, 3.63) is 88.1 Å². The summed E-state index contributed by atoms with van der Waals surface area (Å²) in [6.07, 6.45) is 0.592. The molecular formula is C22H21N5O3. The summed E-state index contributed by atoms with van der Waals surface area (Å²) >= 11 is 0. The van der Waals surface area contributed by atoms with Gasteiger partial charge in [-0.25, -0.2) is 4.98 Å². The maximum absolute atomic E-state index is 12.9. The number of hydrogen-bond acceptors (Lipinski definition) is 6. The Bertz CT molecular complexity index is 1250. The third-order valence-electron chi connectivity index (χ3n) is 4.79. The summed E-state index contributed by atoms with van der Waals surface area (Å²) in [5.41, 5.74) is 1.07. The van der Waals surface area contributed by atoms with E-state index in [9.17, 15) is 9.59 Å². The van der Waals surface area contributed by atoms with Crippen molar-refractivity contribution in [3.8, 4) is 0 Å². The summed E-state index contributed by atoms with van der Waals surface area (Å²) in [7, 11) is 0. The van der Waals surface area contributed by atoms with Gasteiger partial charge in [-0.2, -0.15) is 4.98 Å². The molecule has 8 heteroatoms. The van der Waals surface area contributed by atoms with Gasteiger partial charge in [0.2, 0.25) is 5.89 Å². The molecule has 0 bridgehead atoms. The van der Waals surface area contributed by atoms with Crippen LogP contribution >= 0.6 is 0 Å². The number of aromatic nitrogens is 4. The van der Waals surface area contributed by atoms with Crippen LogP contribution in [-0.2, 0) is 13.0 Å². The van der Waals surface area contributed by atoms with Crippen molar-refractivity contribution in [1.82, 2.24) is 25.0 Å². The fourth-order valence-electron chi connectivity index (χ4n) is 3.23. The van der Waals surface area contributed by atoms with E-state index >= 15 is 0 Å². The first-order valence-corrected chi connectivity index (χ1v) is 9.73. The molecule has 1 amide bonds. The summed E-state index contributed by atoms with van der Waals surface area (Å²) in [5, 5.41) is 7.36. The smallest absolute Gasteiger partial charge is 0.261 e. The Kier molecular flexibility index (Phi) is 5.38. The quantitative estimate of drug-likeness (QED) is 0.531. The molecule has 30 heavy (non-hydrogen) atoms. The van der Waals surface area contributed by atoms with Crippen molar-refractivity contribution < 1.29 is 9.32 Å². The molecule has 4 aromatic rings. The molecule has 0 aliphatic rings. The highest BCUT2D eigenvalue weighted by Gasteiger charge is 2.19. The highest BCUT2D eigenvalue weighted by atomic mass is 16.5. The van der Waals surface area contributed by atoms with Crippen LogP contribution in [0, 0.1) is 0 Å². The average molecular weight is 403 g/mol. The van der Waals surface area contributed by atoms with Crippen LogP contribution in [0.3, 0.4) is 0 Å². The van der Waals surface area contributed by atoms with E-state index in [-0.39, 0.29) is 23.9 Å². The molecule has 0 spiro atoms. The second-order valence-corrected chi connectivity index (χ2v) is 6.90. The Morgan fingerprint density at radius 2 is 1.83 bits per heavy atom. The van der Waals surface area contributed by atoms with Crippen LogP contribution < -0.4 is 10.9 Å². The first-order chi connectivity index (χ1) is 14.6. The van der Waals surface area contributed by atoms with E-state index in [0.29, 0.717) is 34.5 Å². The summed E-state index contributed by atoms with van der Waals surface area (Å²) < 4.78 is 6.88. The number of nitrogens with one attached hydrogen (secondary N) is 1. The summed E-state index contributed by atoms with van der Waals surface area (Å²) in [6.45, 7) is 3.85. The van der Waals surface area contributed by atoms with Crippen molar-refractivity contribution in [2.45, 2.75) is 32.9 Å². The van der Waals surface area contributed by atoms with E-state index in [1.165, 1.54) is 0 Å². The van der Waals surface area contributed by atoms with E-state index in [2.05, 4.69) is 20.4 Å². The average Bonchev–Trinajstić information content (AvgIpc) is 3.25. The maximum atomic E-state index is 12.9. The number of carbonyl (C=O) groups excluding carboxylic acids is 1. The number of rotatable bonds is 6. The molecular weight excluding hydrogens is 382 g/mol. The highest BCUT2D eigenvalue weighted by Crippen LogP contribution is 2.13. The second-order valence-electron chi connectivity index (χ2n) is 6.90. The van der Waals surface area contributed by atoms with Gasteiger partial charge in [0.1, 0.15) is 11.9 Å². The molecule has 8 nitrogen and oxygen atoms in total. The molecule has 1 unspecified atom stereocenters. The van der Waals surface area contributed by atoms with Gasteiger partial charge in [-0.15, -0.1) is 0 Å². The topological polar surface area (TPSA) is 103 Å². The van der Waals surface area contributed by atoms with Gasteiger partial charge >= 0.3 is 0 Å². The molecule has 4 rings (SSSR count). The molecule has 0 aliphatic heterocycles. The lowest BCUT2D eigenvalue weighted by Crippen LogP contribution is -2.27. The minimum Gasteiger partial charge on any atom is -0.341 e. The third kappa shape index (κ3) is 3.84. The molecule has 0 fully saturated rings. The molecule has 0 saturated heterocycles. The Morgan fingerprint density at radius 1 is 1.10 bits per heavy atom. The van der Waals surface area contributed by atoms with Gasteiger partial charge in [-0.05, 0) is 31.2 Å². The molecule has 152 valence electrons. The fourth-order valence-corrected chi connectivity index (χ4v) is 3.23.